The first-order valence-electron chi connectivity index (χ1n) is 7.75. The smallest absolute Gasteiger partial charge is 0.303 e. The Bertz CT molecular complexity index is 470. The fraction of sp³-hybridized carbons (Fsp3) is 0.588. The third-order valence-electron chi connectivity index (χ3n) is 4.51. The first-order chi connectivity index (χ1) is 10.1. The average Bonchev–Trinajstić information content (AvgIpc) is 2.48. The number of halogens is 1. The Morgan fingerprint density at radius 3 is 2.67 bits per heavy atom. The second kappa shape index (κ2) is 7.55. The highest BCUT2D eigenvalue weighted by molar-refractivity contribution is 5.66. The van der Waals surface area contributed by atoms with Crippen LogP contribution in [0.5, 0.6) is 0 Å². The largest absolute Gasteiger partial charge is 0.481 e. The summed E-state index contributed by atoms with van der Waals surface area (Å²) in [7, 11) is 0. The number of hydrogen-bond acceptors (Lipinski definition) is 2. The molecule has 1 aliphatic rings. The van der Waals surface area contributed by atoms with E-state index in [0.717, 1.165) is 44.3 Å². The lowest BCUT2D eigenvalue weighted by Gasteiger charge is -2.36. The average molecular weight is 293 g/mol. The van der Waals surface area contributed by atoms with Crippen molar-refractivity contribution >= 4 is 5.97 Å². The van der Waals surface area contributed by atoms with E-state index in [4.69, 9.17) is 5.11 Å². The lowest BCUT2D eigenvalue weighted by Crippen LogP contribution is -2.41. The van der Waals surface area contributed by atoms with Crippen molar-refractivity contribution in [2.45, 2.75) is 45.1 Å². The van der Waals surface area contributed by atoms with Gasteiger partial charge in [0.1, 0.15) is 5.82 Å². The number of carbonyl (C=O) groups is 1. The van der Waals surface area contributed by atoms with E-state index in [2.05, 4.69) is 11.8 Å². The molecule has 116 valence electrons. The van der Waals surface area contributed by atoms with Gasteiger partial charge in [0.15, 0.2) is 0 Å². The zero-order chi connectivity index (χ0) is 15.2. The van der Waals surface area contributed by atoms with E-state index in [-0.39, 0.29) is 12.2 Å². The van der Waals surface area contributed by atoms with Crippen LogP contribution in [0.4, 0.5) is 4.39 Å². The van der Waals surface area contributed by atoms with Crippen LogP contribution in [0.15, 0.2) is 24.3 Å². The Balaban J connectivity index is 1.79. The minimum Gasteiger partial charge on any atom is -0.481 e. The summed E-state index contributed by atoms with van der Waals surface area (Å²) in [5.41, 5.74) is 0.776. The van der Waals surface area contributed by atoms with Gasteiger partial charge in [0.2, 0.25) is 0 Å². The van der Waals surface area contributed by atoms with Gasteiger partial charge in [0.25, 0.3) is 0 Å². The number of carboxylic acids is 1. The van der Waals surface area contributed by atoms with Gasteiger partial charge >= 0.3 is 5.97 Å². The topological polar surface area (TPSA) is 40.5 Å². The van der Waals surface area contributed by atoms with E-state index < -0.39 is 5.97 Å². The van der Waals surface area contributed by atoms with Crippen LogP contribution in [-0.2, 0) is 11.2 Å². The maximum Gasteiger partial charge on any atom is 0.303 e. The van der Waals surface area contributed by atoms with Crippen LogP contribution in [0.1, 0.15) is 38.2 Å². The highest BCUT2D eigenvalue weighted by atomic mass is 19.1. The molecule has 1 unspecified atom stereocenters. The fourth-order valence-electron chi connectivity index (χ4n) is 3.12. The first-order valence-corrected chi connectivity index (χ1v) is 7.75. The number of nitrogens with zero attached hydrogens (tertiary/aromatic N) is 1. The molecule has 4 heteroatoms. The Hall–Kier alpha value is -1.42. The van der Waals surface area contributed by atoms with Crippen molar-refractivity contribution in [2.75, 3.05) is 13.1 Å². The van der Waals surface area contributed by atoms with E-state index in [1.54, 1.807) is 6.07 Å². The Morgan fingerprint density at radius 1 is 1.38 bits per heavy atom. The van der Waals surface area contributed by atoms with Crippen LogP contribution in [0, 0.1) is 11.7 Å². The van der Waals surface area contributed by atoms with Crippen molar-refractivity contribution in [3.8, 4) is 0 Å². The molecule has 0 saturated carbocycles. The number of aliphatic carboxylic acids is 1. The third-order valence-corrected chi connectivity index (χ3v) is 4.51. The quantitative estimate of drug-likeness (QED) is 0.874. The molecule has 0 spiro atoms. The van der Waals surface area contributed by atoms with Gasteiger partial charge in [-0.3, -0.25) is 4.79 Å². The van der Waals surface area contributed by atoms with Crippen LogP contribution in [0.25, 0.3) is 0 Å². The first kappa shape index (κ1) is 16.0. The molecule has 0 amide bonds. The highest BCUT2D eigenvalue weighted by Gasteiger charge is 2.23. The van der Waals surface area contributed by atoms with Gasteiger partial charge in [-0.2, -0.15) is 0 Å². The predicted octanol–water partition coefficient (Wildman–Crippen LogP) is 3.33. The molecule has 0 bridgehead atoms. The number of piperidine rings is 1. The van der Waals surface area contributed by atoms with Crippen LogP contribution in [0.3, 0.4) is 0 Å². The molecule has 21 heavy (non-hydrogen) atoms. The Morgan fingerprint density at radius 2 is 2.05 bits per heavy atom. The lowest BCUT2D eigenvalue weighted by atomic mass is 9.91. The van der Waals surface area contributed by atoms with Gasteiger partial charge in [-0.1, -0.05) is 18.2 Å². The maximum atomic E-state index is 13.7. The van der Waals surface area contributed by atoms with Crippen molar-refractivity contribution in [1.82, 2.24) is 4.90 Å². The highest BCUT2D eigenvalue weighted by Crippen LogP contribution is 2.24. The fourth-order valence-corrected chi connectivity index (χ4v) is 3.12. The summed E-state index contributed by atoms with van der Waals surface area (Å²) in [6.45, 7) is 4.11. The molecule has 1 aromatic carbocycles. The molecule has 0 aromatic heterocycles. The molecule has 1 heterocycles. The Labute approximate surface area is 125 Å². The van der Waals surface area contributed by atoms with E-state index in [1.165, 1.54) is 6.07 Å². The van der Waals surface area contributed by atoms with Gasteiger partial charge in [0.05, 0.1) is 0 Å². The van der Waals surface area contributed by atoms with Crippen LogP contribution < -0.4 is 0 Å². The summed E-state index contributed by atoms with van der Waals surface area (Å²) in [5.74, 6) is -0.302. The van der Waals surface area contributed by atoms with E-state index in [1.807, 2.05) is 12.1 Å². The van der Waals surface area contributed by atoms with Crippen molar-refractivity contribution in [3.63, 3.8) is 0 Å². The minimum atomic E-state index is -0.703. The van der Waals surface area contributed by atoms with Gasteiger partial charge in [-0.05, 0) is 63.2 Å². The molecule has 1 fully saturated rings. The monoisotopic (exact) mass is 293 g/mol. The van der Waals surface area contributed by atoms with Crippen LogP contribution in [0.2, 0.25) is 0 Å². The molecule has 3 nitrogen and oxygen atoms in total. The van der Waals surface area contributed by atoms with Crippen molar-refractivity contribution in [2.24, 2.45) is 5.92 Å². The zero-order valence-corrected chi connectivity index (χ0v) is 12.6. The molecule has 0 aliphatic carbocycles. The van der Waals surface area contributed by atoms with Crippen molar-refractivity contribution in [3.05, 3.63) is 35.6 Å². The predicted molar refractivity (Wildman–Crippen MR) is 80.7 cm³/mol. The minimum absolute atomic E-state index is 0.124. The van der Waals surface area contributed by atoms with Crippen LogP contribution >= 0.6 is 0 Å². The van der Waals surface area contributed by atoms with Gasteiger partial charge in [-0.25, -0.2) is 4.39 Å². The Kier molecular flexibility index (Phi) is 5.74. The SMILES string of the molecule is CC(Cc1ccccc1F)N1CCC(CCC(=O)O)CC1. The van der Waals surface area contributed by atoms with Gasteiger partial charge in [-0.15, -0.1) is 0 Å². The molecule has 0 radical (unpaired) electrons. The second-order valence-corrected chi connectivity index (χ2v) is 6.06. The summed E-state index contributed by atoms with van der Waals surface area (Å²) in [6.07, 6.45) is 3.89. The molecular weight excluding hydrogens is 269 g/mol. The van der Waals surface area contributed by atoms with E-state index >= 15 is 0 Å². The summed E-state index contributed by atoms with van der Waals surface area (Å²) in [4.78, 5) is 13.0. The zero-order valence-electron chi connectivity index (χ0n) is 12.6. The number of benzene rings is 1. The number of rotatable bonds is 6. The molecule has 1 atom stereocenters. The molecule has 1 saturated heterocycles. The van der Waals surface area contributed by atoms with Crippen molar-refractivity contribution < 1.29 is 14.3 Å². The van der Waals surface area contributed by atoms with Crippen LogP contribution in [-0.4, -0.2) is 35.1 Å². The number of carboxylic acid groups (broad SMARTS) is 1. The van der Waals surface area contributed by atoms with Gasteiger partial charge < -0.3 is 10.0 Å². The number of likely N-dealkylation sites (tertiary alicyclic amines) is 1. The van der Waals surface area contributed by atoms with E-state index in [9.17, 15) is 9.18 Å². The molecule has 1 aromatic rings. The molecule has 1 aliphatic heterocycles. The van der Waals surface area contributed by atoms with E-state index in [0.29, 0.717) is 12.0 Å². The summed E-state index contributed by atoms with van der Waals surface area (Å²) < 4.78 is 13.7. The summed E-state index contributed by atoms with van der Waals surface area (Å²) in [5, 5.41) is 8.73. The molecular formula is C17H24FNO2. The van der Waals surface area contributed by atoms with Gasteiger partial charge in [0, 0.05) is 12.5 Å². The molecule has 2 rings (SSSR count). The normalized spacial score (nSPS) is 18.6. The molecule has 1 N–H and O–H groups in total. The standard InChI is InChI=1S/C17H24FNO2/c1-13(12-15-4-2-3-5-16(15)18)19-10-8-14(9-11-19)6-7-17(20)21/h2-5,13-14H,6-12H2,1H3,(H,20,21). The third kappa shape index (κ3) is 4.81. The lowest BCUT2D eigenvalue weighted by molar-refractivity contribution is -0.137. The number of hydrogen-bond donors (Lipinski definition) is 1. The summed E-state index contributed by atoms with van der Waals surface area (Å²) in [6, 6.07) is 7.29. The van der Waals surface area contributed by atoms with Crippen molar-refractivity contribution in [1.29, 1.82) is 0 Å². The second-order valence-electron chi connectivity index (χ2n) is 6.06. The summed E-state index contributed by atoms with van der Waals surface area (Å²) >= 11 is 0. The maximum absolute atomic E-state index is 13.7.